The molecule has 0 saturated heterocycles. The Morgan fingerprint density at radius 1 is 1.62 bits per heavy atom. The van der Waals surface area contributed by atoms with Crippen molar-refractivity contribution in [1.82, 2.24) is 0 Å². The van der Waals surface area contributed by atoms with Crippen LogP contribution >= 0.6 is 0 Å². The second kappa shape index (κ2) is 5.89. The normalized spacial score (nSPS) is 11.6. The van der Waals surface area contributed by atoms with E-state index in [9.17, 15) is 4.79 Å². The summed E-state index contributed by atoms with van der Waals surface area (Å²) >= 11 is 0. The molecule has 4 nitrogen and oxygen atoms in total. The van der Waals surface area contributed by atoms with Gasteiger partial charge < -0.3 is 10.1 Å². The second-order valence-electron chi connectivity index (χ2n) is 3.28. The van der Waals surface area contributed by atoms with Gasteiger partial charge in [-0.3, -0.25) is 4.79 Å². The number of carbonyl (C=O) groups excluding carboxylic acids is 1. The van der Waals surface area contributed by atoms with Gasteiger partial charge in [0.15, 0.2) is 0 Å². The fraction of sp³-hybridized carbons (Fsp3) is 0.333. The lowest BCUT2D eigenvalue weighted by atomic mass is 10.2. The Morgan fingerprint density at radius 2 is 2.38 bits per heavy atom. The van der Waals surface area contributed by atoms with Crippen LogP contribution in [0.1, 0.15) is 19.4 Å². The maximum Gasteiger partial charge on any atom is 0.253 e. The predicted octanol–water partition coefficient (Wildman–Crippen LogP) is 1.92. The summed E-state index contributed by atoms with van der Waals surface area (Å²) in [5.74, 6) is -0.211. The van der Waals surface area contributed by atoms with Gasteiger partial charge in [0.2, 0.25) is 0 Å². The highest BCUT2D eigenvalue weighted by Crippen LogP contribution is 2.10. The van der Waals surface area contributed by atoms with Crippen molar-refractivity contribution >= 4 is 11.6 Å². The van der Waals surface area contributed by atoms with Gasteiger partial charge in [-0.2, -0.15) is 5.26 Å². The summed E-state index contributed by atoms with van der Waals surface area (Å²) in [6.45, 7) is 4.01. The number of anilines is 1. The van der Waals surface area contributed by atoms with Gasteiger partial charge in [-0.25, -0.2) is 0 Å². The van der Waals surface area contributed by atoms with Crippen molar-refractivity contribution in [1.29, 1.82) is 5.26 Å². The number of nitrogens with zero attached hydrogens (tertiary/aromatic N) is 1. The van der Waals surface area contributed by atoms with Crippen molar-refractivity contribution in [2.24, 2.45) is 0 Å². The van der Waals surface area contributed by atoms with E-state index in [4.69, 9.17) is 10.00 Å². The zero-order valence-electron chi connectivity index (χ0n) is 9.36. The molecule has 0 aliphatic rings. The van der Waals surface area contributed by atoms with Crippen LogP contribution in [-0.2, 0) is 9.53 Å². The first kappa shape index (κ1) is 12.2. The summed E-state index contributed by atoms with van der Waals surface area (Å²) in [7, 11) is 0. The number of hydrogen-bond donors (Lipinski definition) is 1. The average Bonchev–Trinajstić information content (AvgIpc) is 2.29. The van der Waals surface area contributed by atoms with Crippen LogP contribution in [0, 0.1) is 11.3 Å². The molecule has 0 radical (unpaired) electrons. The largest absolute Gasteiger partial charge is 0.369 e. The molecule has 0 aromatic heterocycles. The van der Waals surface area contributed by atoms with Crippen molar-refractivity contribution in [2.45, 2.75) is 20.0 Å². The van der Waals surface area contributed by atoms with Gasteiger partial charge in [-0.15, -0.1) is 0 Å². The summed E-state index contributed by atoms with van der Waals surface area (Å²) < 4.78 is 5.16. The van der Waals surface area contributed by atoms with Crippen molar-refractivity contribution in [3.05, 3.63) is 29.8 Å². The molecule has 0 bridgehead atoms. The Morgan fingerprint density at radius 3 is 3.00 bits per heavy atom. The summed E-state index contributed by atoms with van der Waals surface area (Å²) in [4.78, 5) is 11.6. The van der Waals surface area contributed by atoms with Crippen LogP contribution < -0.4 is 5.32 Å². The predicted molar refractivity (Wildman–Crippen MR) is 60.9 cm³/mol. The van der Waals surface area contributed by atoms with E-state index in [0.717, 1.165) is 0 Å². The molecule has 1 rings (SSSR count). The molecule has 4 heteroatoms. The Balaban J connectivity index is 2.66. The maximum atomic E-state index is 11.6. The smallest absolute Gasteiger partial charge is 0.253 e. The SMILES string of the molecule is CCOC(C)C(=O)Nc1cccc(C#N)c1. The van der Waals surface area contributed by atoms with E-state index in [0.29, 0.717) is 17.9 Å². The molecule has 1 N–H and O–H groups in total. The number of nitrogens with one attached hydrogen (secondary N) is 1. The first-order valence-electron chi connectivity index (χ1n) is 5.10. The zero-order valence-corrected chi connectivity index (χ0v) is 9.36. The highest BCUT2D eigenvalue weighted by molar-refractivity contribution is 5.94. The van der Waals surface area contributed by atoms with Crippen molar-refractivity contribution in [3.8, 4) is 6.07 Å². The molecule has 1 aromatic carbocycles. The third-order valence-corrected chi connectivity index (χ3v) is 2.05. The van der Waals surface area contributed by atoms with Crippen LogP contribution in [0.2, 0.25) is 0 Å². The van der Waals surface area contributed by atoms with E-state index in [1.54, 1.807) is 31.2 Å². The molecule has 1 atom stereocenters. The molecule has 1 unspecified atom stereocenters. The lowest BCUT2D eigenvalue weighted by Gasteiger charge is -2.11. The molecule has 0 heterocycles. The molecule has 0 aliphatic heterocycles. The maximum absolute atomic E-state index is 11.6. The highest BCUT2D eigenvalue weighted by atomic mass is 16.5. The van der Waals surface area contributed by atoms with E-state index in [2.05, 4.69) is 5.32 Å². The Hall–Kier alpha value is -1.86. The minimum atomic E-state index is -0.490. The average molecular weight is 218 g/mol. The van der Waals surface area contributed by atoms with Crippen molar-refractivity contribution in [2.75, 3.05) is 11.9 Å². The molecular formula is C12H14N2O2. The summed E-state index contributed by atoms with van der Waals surface area (Å²) in [5.41, 5.74) is 1.12. The Kier molecular flexibility index (Phi) is 4.49. The van der Waals surface area contributed by atoms with Gasteiger partial charge >= 0.3 is 0 Å². The van der Waals surface area contributed by atoms with Crippen molar-refractivity contribution < 1.29 is 9.53 Å². The van der Waals surface area contributed by atoms with Gasteiger partial charge in [-0.05, 0) is 32.0 Å². The van der Waals surface area contributed by atoms with Gasteiger partial charge in [0.25, 0.3) is 5.91 Å². The van der Waals surface area contributed by atoms with Gasteiger partial charge in [0.05, 0.1) is 11.6 Å². The van der Waals surface area contributed by atoms with E-state index in [1.165, 1.54) is 0 Å². The quantitative estimate of drug-likeness (QED) is 0.839. The molecule has 0 spiro atoms. The van der Waals surface area contributed by atoms with Gasteiger partial charge in [0, 0.05) is 12.3 Å². The fourth-order valence-electron chi connectivity index (χ4n) is 1.24. The second-order valence-corrected chi connectivity index (χ2v) is 3.28. The number of rotatable bonds is 4. The topological polar surface area (TPSA) is 62.1 Å². The Labute approximate surface area is 94.8 Å². The molecule has 1 amide bonds. The number of ether oxygens (including phenoxy) is 1. The summed E-state index contributed by atoms with van der Waals surface area (Å²) in [6, 6.07) is 8.77. The minimum absolute atomic E-state index is 0.211. The number of amides is 1. The van der Waals surface area contributed by atoms with E-state index >= 15 is 0 Å². The van der Waals surface area contributed by atoms with E-state index < -0.39 is 6.10 Å². The first-order chi connectivity index (χ1) is 7.67. The fourth-order valence-corrected chi connectivity index (χ4v) is 1.24. The van der Waals surface area contributed by atoms with Crippen LogP contribution in [-0.4, -0.2) is 18.6 Å². The molecule has 0 fully saturated rings. The Bertz CT molecular complexity index is 410. The number of nitriles is 1. The standard InChI is InChI=1S/C12H14N2O2/c1-3-16-9(2)12(15)14-11-6-4-5-10(7-11)8-13/h4-7,9H,3H2,1-2H3,(H,14,15). The lowest BCUT2D eigenvalue weighted by molar-refractivity contribution is -0.126. The van der Waals surface area contributed by atoms with Crippen LogP contribution in [0.25, 0.3) is 0 Å². The first-order valence-corrected chi connectivity index (χ1v) is 5.10. The van der Waals surface area contributed by atoms with E-state index in [1.807, 2.05) is 13.0 Å². The number of carbonyl (C=O) groups is 1. The minimum Gasteiger partial charge on any atom is -0.369 e. The van der Waals surface area contributed by atoms with Crippen LogP contribution in [0.4, 0.5) is 5.69 Å². The molecular weight excluding hydrogens is 204 g/mol. The third kappa shape index (κ3) is 3.37. The zero-order chi connectivity index (χ0) is 12.0. The summed E-state index contributed by atoms with van der Waals surface area (Å²) in [5, 5.41) is 11.4. The number of hydrogen-bond acceptors (Lipinski definition) is 3. The van der Waals surface area contributed by atoms with Crippen LogP contribution in [0.15, 0.2) is 24.3 Å². The molecule has 1 aromatic rings. The number of benzene rings is 1. The molecule has 16 heavy (non-hydrogen) atoms. The van der Waals surface area contributed by atoms with Crippen LogP contribution in [0.5, 0.6) is 0 Å². The molecule has 84 valence electrons. The highest BCUT2D eigenvalue weighted by Gasteiger charge is 2.12. The summed E-state index contributed by atoms with van der Waals surface area (Å²) in [6.07, 6.45) is -0.490. The molecule has 0 saturated carbocycles. The van der Waals surface area contributed by atoms with E-state index in [-0.39, 0.29) is 5.91 Å². The monoisotopic (exact) mass is 218 g/mol. The molecule has 0 aliphatic carbocycles. The van der Waals surface area contributed by atoms with Crippen molar-refractivity contribution in [3.63, 3.8) is 0 Å². The lowest BCUT2D eigenvalue weighted by Crippen LogP contribution is -2.27. The van der Waals surface area contributed by atoms with Gasteiger partial charge in [-0.1, -0.05) is 6.07 Å². The van der Waals surface area contributed by atoms with Crippen LogP contribution in [0.3, 0.4) is 0 Å². The van der Waals surface area contributed by atoms with Gasteiger partial charge in [0.1, 0.15) is 6.10 Å². The third-order valence-electron chi connectivity index (χ3n) is 2.05.